The highest BCUT2D eigenvalue weighted by atomic mass is 16.2. The number of hydrogen-bond acceptors (Lipinski definition) is 4. The summed E-state index contributed by atoms with van der Waals surface area (Å²) in [7, 11) is 0. The number of para-hydroxylation sites is 1. The van der Waals surface area contributed by atoms with Gasteiger partial charge in [0.15, 0.2) is 0 Å². The molecule has 2 N–H and O–H groups in total. The van der Waals surface area contributed by atoms with Gasteiger partial charge in [0.25, 0.3) is 11.5 Å². The summed E-state index contributed by atoms with van der Waals surface area (Å²) < 4.78 is 1.20. The minimum absolute atomic E-state index is 0.198. The van der Waals surface area contributed by atoms with Crippen molar-refractivity contribution in [1.29, 1.82) is 0 Å². The number of aromatic nitrogens is 2. The molecule has 0 bridgehead atoms. The predicted molar refractivity (Wildman–Crippen MR) is 81.7 cm³/mol. The summed E-state index contributed by atoms with van der Waals surface area (Å²) in [5, 5.41) is 0.446. The number of nitrogens with zero attached hydrogens (tertiary/aromatic N) is 2. The van der Waals surface area contributed by atoms with Gasteiger partial charge in [0.2, 0.25) is 5.91 Å². The van der Waals surface area contributed by atoms with Gasteiger partial charge in [0.05, 0.1) is 17.2 Å². The summed E-state index contributed by atoms with van der Waals surface area (Å²) in [5.41, 5.74) is 4.88. The lowest BCUT2D eigenvalue weighted by Crippen LogP contribution is -2.44. The van der Waals surface area contributed by atoms with Gasteiger partial charge in [0.1, 0.15) is 6.54 Å². The Bertz CT molecular complexity index is 752. The highest BCUT2D eigenvalue weighted by Crippen LogP contribution is 2.04. The molecule has 0 aliphatic carbocycles. The Morgan fingerprint density at radius 3 is 2.59 bits per heavy atom. The lowest BCUT2D eigenvalue weighted by molar-refractivity contribution is -0.129. The lowest BCUT2D eigenvalue weighted by atomic mass is 10.1. The van der Waals surface area contributed by atoms with E-state index in [1.54, 1.807) is 24.3 Å². The van der Waals surface area contributed by atoms with Gasteiger partial charge in [0, 0.05) is 6.42 Å². The zero-order valence-electron chi connectivity index (χ0n) is 12.5. The molecule has 1 aromatic heterocycles. The second-order valence-corrected chi connectivity index (χ2v) is 5.39. The molecule has 1 aromatic carbocycles. The van der Waals surface area contributed by atoms with E-state index in [9.17, 15) is 14.4 Å². The SMILES string of the molecule is CC(C)CC(=O)NNC(=O)Cn1cnc2ccccc2c1=O. The fraction of sp³-hybridized carbons (Fsp3) is 0.333. The van der Waals surface area contributed by atoms with Crippen LogP contribution in [0.3, 0.4) is 0 Å². The summed E-state index contributed by atoms with van der Waals surface area (Å²) in [6.45, 7) is 3.60. The predicted octanol–water partition coefficient (Wildman–Crippen LogP) is 0.590. The van der Waals surface area contributed by atoms with E-state index in [0.29, 0.717) is 17.3 Å². The number of hydrazine groups is 1. The maximum Gasteiger partial charge on any atom is 0.261 e. The van der Waals surface area contributed by atoms with E-state index in [-0.39, 0.29) is 23.9 Å². The Morgan fingerprint density at radius 2 is 1.86 bits per heavy atom. The number of hydrogen-bond donors (Lipinski definition) is 2. The largest absolute Gasteiger partial charge is 0.289 e. The highest BCUT2D eigenvalue weighted by Gasteiger charge is 2.09. The fourth-order valence-corrected chi connectivity index (χ4v) is 1.97. The van der Waals surface area contributed by atoms with Crippen LogP contribution in [-0.2, 0) is 16.1 Å². The van der Waals surface area contributed by atoms with Crippen LogP contribution in [0, 0.1) is 5.92 Å². The lowest BCUT2D eigenvalue weighted by Gasteiger charge is -2.10. The number of benzene rings is 1. The van der Waals surface area contributed by atoms with E-state index < -0.39 is 5.91 Å². The molecule has 7 heteroatoms. The van der Waals surface area contributed by atoms with Gasteiger partial charge in [-0.25, -0.2) is 4.98 Å². The Labute approximate surface area is 127 Å². The van der Waals surface area contributed by atoms with E-state index in [1.165, 1.54) is 10.9 Å². The Hall–Kier alpha value is -2.70. The first-order valence-electron chi connectivity index (χ1n) is 6.99. The molecule has 0 aliphatic heterocycles. The fourth-order valence-electron chi connectivity index (χ4n) is 1.97. The van der Waals surface area contributed by atoms with E-state index in [0.717, 1.165) is 0 Å². The number of amides is 2. The molecule has 0 fully saturated rings. The number of carbonyl (C=O) groups is 2. The number of rotatable bonds is 4. The summed E-state index contributed by atoms with van der Waals surface area (Å²) in [5.74, 6) is -0.562. The van der Waals surface area contributed by atoms with Crippen molar-refractivity contribution in [3.8, 4) is 0 Å². The maximum atomic E-state index is 12.2. The molecule has 0 spiro atoms. The van der Waals surface area contributed by atoms with Crippen molar-refractivity contribution in [1.82, 2.24) is 20.4 Å². The number of fused-ring (bicyclic) bond motifs is 1. The second kappa shape index (κ2) is 6.84. The van der Waals surface area contributed by atoms with Crippen LogP contribution < -0.4 is 16.4 Å². The highest BCUT2D eigenvalue weighted by molar-refractivity contribution is 5.82. The van der Waals surface area contributed by atoms with Crippen LogP contribution in [0.4, 0.5) is 0 Å². The smallest absolute Gasteiger partial charge is 0.261 e. The molecule has 22 heavy (non-hydrogen) atoms. The van der Waals surface area contributed by atoms with Gasteiger partial charge in [-0.1, -0.05) is 26.0 Å². The van der Waals surface area contributed by atoms with E-state index in [1.807, 2.05) is 13.8 Å². The van der Waals surface area contributed by atoms with Crippen LogP contribution in [-0.4, -0.2) is 21.4 Å². The van der Waals surface area contributed by atoms with Gasteiger partial charge < -0.3 is 0 Å². The third-order valence-corrected chi connectivity index (χ3v) is 2.98. The monoisotopic (exact) mass is 302 g/mol. The average Bonchev–Trinajstić information content (AvgIpc) is 2.48. The zero-order chi connectivity index (χ0) is 16.1. The summed E-state index contributed by atoms with van der Waals surface area (Å²) in [6, 6.07) is 6.91. The van der Waals surface area contributed by atoms with Crippen molar-refractivity contribution in [3.05, 3.63) is 40.9 Å². The van der Waals surface area contributed by atoms with Crippen molar-refractivity contribution in [3.63, 3.8) is 0 Å². The molecule has 2 amide bonds. The number of carbonyl (C=O) groups excluding carboxylic acids is 2. The quantitative estimate of drug-likeness (QED) is 0.808. The zero-order valence-corrected chi connectivity index (χ0v) is 12.5. The molecule has 2 aromatic rings. The normalized spacial score (nSPS) is 10.7. The van der Waals surface area contributed by atoms with Crippen LogP contribution in [0.1, 0.15) is 20.3 Å². The average molecular weight is 302 g/mol. The Kier molecular flexibility index (Phi) is 4.88. The topological polar surface area (TPSA) is 93.1 Å². The Balaban J connectivity index is 2.02. The summed E-state index contributed by atoms with van der Waals surface area (Å²) in [6.07, 6.45) is 1.64. The molecular weight excluding hydrogens is 284 g/mol. The molecule has 0 aliphatic rings. The van der Waals surface area contributed by atoms with Crippen LogP contribution in [0.25, 0.3) is 10.9 Å². The number of nitrogens with one attached hydrogen (secondary N) is 2. The van der Waals surface area contributed by atoms with E-state index in [2.05, 4.69) is 15.8 Å². The summed E-state index contributed by atoms with van der Waals surface area (Å²) >= 11 is 0. The first kappa shape index (κ1) is 15.7. The van der Waals surface area contributed by atoms with Crippen LogP contribution in [0.15, 0.2) is 35.4 Å². The first-order valence-corrected chi connectivity index (χ1v) is 6.99. The van der Waals surface area contributed by atoms with Crippen molar-refractivity contribution in [2.24, 2.45) is 5.92 Å². The van der Waals surface area contributed by atoms with Gasteiger partial charge in [-0.2, -0.15) is 0 Å². The minimum Gasteiger partial charge on any atom is -0.289 e. The molecule has 7 nitrogen and oxygen atoms in total. The third kappa shape index (κ3) is 3.91. The molecule has 116 valence electrons. The molecular formula is C15H18N4O3. The second-order valence-electron chi connectivity index (χ2n) is 5.39. The standard InChI is InChI=1S/C15H18N4O3/c1-10(2)7-13(20)17-18-14(21)8-19-9-16-12-6-4-3-5-11(12)15(19)22/h3-6,9-10H,7-8H2,1-2H3,(H,17,20)(H,18,21). The van der Waals surface area contributed by atoms with Crippen LogP contribution >= 0.6 is 0 Å². The van der Waals surface area contributed by atoms with Crippen LogP contribution in [0.2, 0.25) is 0 Å². The molecule has 1 heterocycles. The van der Waals surface area contributed by atoms with Crippen molar-refractivity contribution >= 4 is 22.7 Å². The molecule has 0 saturated carbocycles. The first-order chi connectivity index (χ1) is 10.5. The maximum absolute atomic E-state index is 12.2. The molecule has 0 unspecified atom stereocenters. The Morgan fingerprint density at radius 1 is 1.18 bits per heavy atom. The third-order valence-electron chi connectivity index (χ3n) is 2.98. The van der Waals surface area contributed by atoms with Gasteiger partial charge in [-0.15, -0.1) is 0 Å². The summed E-state index contributed by atoms with van der Waals surface area (Å²) in [4.78, 5) is 39.6. The van der Waals surface area contributed by atoms with Crippen molar-refractivity contribution < 1.29 is 9.59 Å². The van der Waals surface area contributed by atoms with Gasteiger partial charge in [-0.3, -0.25) is 29.8 Å². The van der Waals surface area contributed by atoms with Crippen molar-refractivity contribution in [2.75, 3.05) is 0 Å². The van der Waals surface area contributed by atoms with E-state index in [4.69, 9.17) is 0 Å². The molecule has 0 saturated heterocycles. The minimum atomic E-state index is -0.490. The molecule has 2 rings (SSSR count). The van der Waals surface area contributed by atoms with Gasteiger partial charge in [-0.05, 0) is 18.1 Å². The van der Waals surface area contributed by atoms with Gasteiger partial charge >= 0.3 is 0 Å². The molecule has 0 radical (unpaired) electrons. The van der Waals surface area contributed by atoms with E-state index >= 15 is 0 Å². The molecule has 0 atom stereocenters. The van der Waals surface area contributed by atoms with Crippen LogP contribution in [0.5, 0.6) is 0 Å². The van der Waals surface area contributed by atoms with Crippen molar-refractivity contribution in [2.45, 2.75) is 26.8 Å².